The van der Waals surface area contributed by atoms with Gasteiger partial charge in [0.05, 0.1) is 23.5 Å². The topological polar surface area (TPSA) is 67.4 Å². The van der Waals surface area contributed by atoms with E-state index >= 15 is 0 Å². The highest BCUT2D eigenvalue weighted by Gasteiger charge is 2.26. The van der Waals surface area contributed by atoms with E-state index in [4.69, 9.17) is 16.0 Å². The van der Waals surface area contributed by atoms with E-state index in [1.54, 1.807) is 11.7 Å². The summed E-state index contributed by atoms with van der Waals surface area (Å²) in [7, 11) is 1.80. The quantitative estimate of drug-likeness (QED) is 0.801. The third-order valence-corrected chi connectivity index (χ3v) is 5.44. The van der Waals surface area contributed by atoms with Crippen LogP contribution in [0.3, 0.4) is 0 Å². The second-order valence-electron chi connectivity index (χ2n) is 8.16. The third-order valence-electron chi connectivity index (χ3n) is 4.99. The monoisotopic (exact) mass is 393 g/mol. The van der Waals surface area contributed by atoms with Crippen molar-refractivity contribution < 1.29 is 9.21 Å². The summed E-state index contributed by atoms with van der Waals surface area (Å²) in [6.07, 6.45) is 2.70. The van der Waals surface area contributed by atoms with E-state index in [-0.39, 0.29) is 11.3 Å². The number of amides is 1. The van der Waals surface area contributed by atoms with Gasteiger partial charge in [0.25, 0.3) is 5.91 Å². The molecule has 1 fully saturated rings. The van der Waals surface area contributed by atoms with Crippen LogP contribution >= 0.6 is 11.6 Å². The van der Waals surface area contributed by atoms with Crippen molar-refractivity contribution in [2.45, 2.75) is 46.1 Å². The molecule has 7 nitrogen and oxygen atoms in total. The van der Waals surface area contributed by atoms with Crippen LogP contribution in [0.5, 0.6) is 0 Å². The van der Waals surface area contributed by atoms with E-state index in [0.717, 1.165) is 36.9 Å². The van der Waals surface area contributed by atoms with Crippen LogP contribution in [0.1, 0.15) is 55.0 Å². The van der Waals surface area contributed by atoms with Crippen LogP contribution in [0.15, 0.2) is 10.6 Å². The van der Waals surface area contributed by atoms with Gasteiger partial charge in [0.2, 0.25) is 5.89 Å². The molecular formula is C19H28ClN5O2. The maximum absolute atomic E-state index is 12.8. The molecule has 8 heteroatoms. The number of halogens is 1. The Morgan fingerprint density at radius 3 is 2.59 bits per heavy atom. The lowest BCUT2D eigenvalue weighted by molar-refractivity contribution is 0.0754. The number of rotatable bonds is 3. The molecule has 0 unspecified atom stereocenters. The van der Waals surface area contributed by atoms with Crippen LogP contribution in [-0.2, 0) is 19.0 Å². The summed E-state index contributed by atoms with van der Waals surface area (Å²) < 4.78 is 7.55. The molecule has 2 aromatic rings. The van der Waals surface area contributed by atoms with Gasteiger partial charge in [0.15, 0.2) is 5.69 Å². The average molecular weight is 394 g/mol. The number of hydrogen-bond acceptors (Lipinski definition) is 5. The molecule has 0 atom stereocenters. The van der Waals surface area contributed by atoms with Crippen molar-refractivity contribution in [1.29, 1.82) is 0 Å². The Morgan fingerprint density at radius 2 is 2.00 bits per heavy atom. The van der Waals surface area contributed by atoms with Crippen LogP contribution in [-0.4, -0.2) is 56.7 Å². The van der Waals surface area contributed by atoms with Crippen molar-refractivity contribution in [3.8, 4) is 0 Å². The van der Waals surface area contributed by atoms with Crippen LogP contribution in [0.25, 0.3) is 0 Å². The Morgan fingerprint density at radius 1 is 1.26 bits per heavy atom. The average Bonchev–Trinajstić information content (AvgIpc) is 3.08. The minimum atomic E-state index is -0.100. The molecule has 27 heavy (non-hydrogen) atoms. The number of aromatic nitrogens is 3. The smallest absolute Gasteiger partial charge is 0.275 e. The Kier molecular flexibility index (Phi) is 5.63. The molecule has 0 saturated carbocycles. The number of nitrogens with zero attached hydrogens (tertiary/aromatic N) is 5. The molecule has 0 aromatic carbocycles. The Balaban J connectivity index is 1.62. The second kappa shape index (κ2) is 7.64. The number of hydrogen-bond donors (Lipinski definition) is 0. The summed E-state index contributed by atoms with van der Waals surface area (Å²) in [5, 5.41) is 4.73. The molecule has 1 aliphatic heterocycles. The maximum Gasteiger partial charge on any atom is 0.275 e. The number of aryl methyl sites for hydroxylation is 1. The zero-order valence-corrected chi connectivity index (χ0v) is 17.5. The summed E-state index contributed by atoms with van der Waals surface area (Å²) in [4.78, 5) is 21.4. The van der Waals surface area contributed by atoms with Crippen LogP contribution in [0.4, 0.5) is 0 Å². The third kappa shape index (κ3) is 4.35. The van der Waals surface area contributed by atoms with Gasteiger partial charge in [-0.2, -0.15) is 5.10 Å². The van der Waals surface area contributed by atoms with Gasteiger partial charge in [-0.1, -0.05) is 32.4 Å². The lowest BCUT2D eigenvalue weighted by atomic mass is 9.94. The summed E-state index contributed by atoms with van der Waals surface area (Å²) >= 11 is 6.28. The first-order valence-electron chi connectivity index (χ1n) is 9.32. The van der Waals surface area contributed by atoms with Gasteiger partial charge in [-0.05, 0) is 13.3 Å². The molecule has 1 aliphatic rings. The number of carbonyl (C=O) groups excluding carboxylic acids is 1. The molecular weight excluding hydrogens is 366 g/mol. The first-order chi connectivity index (χ1) is 12.7. The van der Waals surface area contributed by atoms with Crippen LogP contribution < -0.4 is 0 Å². The van der Waals surface area contributed by atoms with Crippen molar-refractivity contribution in [1.82, 2.24) is 24.6 Å². The fourth-order valence-corrected chi connectivity index (χ4v) is 3.36. The molecule has 1 saturated heterocycles. The largest absolute Gasteiger partial charge is 0.444 e. The predicted octanol–water partition coefficient (Wildman–Crippen LogP) is 3.02. The van der Waals surface area contributed by atoms with Gasteiger partial charge < -0.3 is 9.32 Å². The van der Waals surface area contributed by atoms with Gasteiger partial charge in [-0.3, -0.25) is 14.4 Å². The maximum atomic E-state index is 12.8. The second-order valence-corrected chi connectivity index (χ2v) is 8.54. The van der Waals surface area contributed by atoms with Crippen molar-refractivity contribution in [2.24, 2.45) is 7.05 Å². The van der Waals surface area contributed by atoms with Crippen molar-refractivity contribution in [2.75, 3.05) is 26.2 Å². The molecule has 3 heterocycles. The molecule has 2 aromatic heterocycles. The Hall–Kier alpha value is -1.86. The van der Waals surface area contributed by atoms with Gasteiger partial charge in [-0.15, -0.1) is 0 Å². The van der Waals surface area contributed by atoms with Gasteiger partial charge in [0, 0.05) is 38.6 Å². The molecule has 0 bridgehead atoms. The lowest BCUT2D eigenvalue weighted by Crippen LogP contribution is -2.35. The SMILES string of the molecule is Cc1c(Cl)c(C(=O)N2CCCN(Cc3ncc(C(C)(C)C)o3)CC2)nn1C. The lowest BCUT2D eigenvalue weighted by Gasteiger charge is -2.20. The van der Waals surface area contributed by atoms with E-state index in [1.165, 1.54) is 0 Å². The van der Waals surface area contributed by atoms with Crippen LogP contribution in [0, 0.1) is 6.92 Å². The van der Waals surface area contributed by atoms with Crippen LogP contribution in [0.2, 0.25) is 5.02 Å². The van der Waals surface area contributed by atoms with E-state index in [9.17, 15) is 4.79 Å². The molecule has 0 spiro atoms. The number of oxazole rings is 1. The predicted molar refractivity (Wildman–Crippen MR) is 104 cm³/mol. The van der Waals surface area contributed by atoms with Crippen molar-refractivity contribution in [3.05, 3.63) is 34.3 Å². The van der Waals surface area contributed by atoms with E-state index in [1.807, 2.05) is 18.0 Å². The van der Waals surface area contributed by atoms with E-state index in [2.05, 4.69) is 35.8 Å². The molecule has 0 N–H and O–H groups in total. The minimum Gasteiger partial charge on any atom is -0.444 e. The van der Waals surface area contributed by atoms with E-state index in [0.29, 0.717) is 30.4 Å². The highest BCUT2D eigenvalue weighted by Crippen LogP contribution is 2.24. The molecule has 0 aliphatic carbocycles. The normalized spacial score (nSPS) is 16.6. The van der Waals surface area contributed by atoms with Gasteiger partial charge >= 0.3 is 0 Å². The van der Waals surface area contributed by atoms with Gasteiger partial charge in [-0.25, -0.2) is 4.98 Å². The Bertz CT molecular complexity index is 821. The summed E-state index contributed by atoms with van der Waals surface area (Å²) in [5.74, 6) is 1.52. The highest BCUT2D eigenvalue weighted by atomic mass is 35.5. The molecule has 0 radical (unpaired) electrons. The standard InChI is InChI=1S/C19H28ClN5O2/c1-13-16(20)17(22-23(13)5)18(26)25-8-6-7-24(9-10-25)12-15-21-11-14(27-15)19(2,3)4/h11H,6-10,12H2,1-5H3. The fourth-order valence-electron chi connectivity index (χ4n) is 3.12. The summed E-state index contributed by atoms with van der Waals surface area (Å²) in [6, 6.07) is 0. The highest BCUT2D eigenvalue weighted by molar-refractivity contribution is 6.34. The molecule has 1 amide bonds. The zero-order valence-electron chi connectivity index (χ0n) is 16.8. The minimum absolute atomic E-state index is 0.0483. The first kappa shape index (κ1) is 19.9. The van der Waals surface area contributed by atoms with Gasteiger partial charge in [0.1, 0.15) is 5.76 Å². The molecule has 3 rings (SSSR count). The fraction of sp³-hybridized carbons (Fsp3) is 0.632. The summed E-state index contributed by atoms with van der Waals surface area (Å²) in [6.45, 7) is 11.8. The van der Waals surface area contributed by atoms with Crippen molar-refractivity contribution in [3.63, 3.8) is 0 Å². The zero-order chi connectivity index (χ0) is 19.8. The first-order valence-corrected chi connectivity index (χ1v) is 9.70. The van der Waals surface area contributed by atoms with E-state index < -0.39 is 0 Å². The number of carbonyl (C=O) groups is 1. The molecule has 148 valence electrons. The van der Waals surface area contributed by atoms with Crippen molar-refractivity contribution >= 4 is 17.5 Å². The summed E-state index contributed by atoms with van der Waals surface area (Å²) in [5.41, 5.74) is 1.09. The Labute approximate surface area is 165 Å².